The van der Waals surface area contributed by atoms with Crippen LogP contribution in [-0.4, -0.2) is 37.8 Å². The molecule has 1 N–H and O–H groups in total. The molecule has 2 unspecified atom stereocenters. The number of nitrogens with zero attached hydrogens (tertiary/aromatic N) is 2. The predicted octanol–water partition coefficient (Wildman–Crippen LogP) is 2.04. The molecule has 1 aromatic heterocycles. The Labute approximate surface area is 140 Å². The number of anilines is 1. The van der Waals surface area contributed by atoms with E-state index in [2.05, 4.69) is 22.1 Å². The molecule has 2 aromatic rings. The molecule has 2 fully saturated rings. The Morgan fingerprint density at radius 2 is 1.96 bits per heavy atom. The minimum atomic E-state index is -0.294. The van der Waals surface area contributed by atoms with Crippen LogP contribution in [0.5, 0.6) is 5.75 Å². The summed E-state index contributed by atoms with van der Waals surface area (Å²) in [5.41, 5.74) is 2.17. The van der Waals surface area contributed by atoms with Gasteiger partial charge in [-0.15, -0.1) is 0 Å². The van der Waals surface area contributed by atoms with E-state index >= 15 is 0 Å². The van der Waals surface area contributed by atoms with Gasteiger partial charge in [-0.2, -0.15) is 0 Å². The number of nitrogens with one attached hydrogen (secondary N) is 1. The average molecular weight is 323 g/mol. The molecule has 1 saturated carbocycles. The Bertz CT molecular complexity index is 830. The summed E-state index contributed by atoms with van der Waals surface area (Å²) >= 11 is 0. The lowest BCUT2D eigenvalue weighted by Gasteiger charge is -2.12. The van der Waals surface area contributed by atoms with Crippen LogP contribution in [0.15, 0.2) is 36.7 Å². The number of halogens is 1. The largest absolute Gasteiger partial charge is 0.487 e. The summed E-state index contributed by atoms with van der Waals surface area (Å²) < 4.78 is 19.6. The van der Waals surface area contributed by atoms with Crippen LogP contribution in [-0.2, 0) is 0 Å². The highest BCUT2D eigenvalue weighted by molar-refractivity contribution is 5.53. The normalized spacial score (nSPS) is 23.4. The standard InChI is InChI=1S/C19H18FN3O/c1-23(2)15-6-12(5-14(20)8-15)3-4-13-7-16(10-21-9-13)24-19-17-11-22-18(17)19/h5-10,17-19,22H,11H2,1-2H3/t17?,18-,19?/m0/s1. The maximum atomic E-state index is 13.7. The number of pyridine rings is 1. The van der Waals surface area contributed by atoms with Gasteiger partial charge in [0, 0.05) is 49.6 Å². The molecular formula is C19H18FN3O. The number of benzene rings is 1. The molecule has 0 amide bonds. The Hall–Kier alpha value is -2.58. The van der Waals surface area contributed by atoms with Crippen LogP contribution in [0.1, 0.15) is 11.1 Å². The Morgan fingerprint density at radius 1 is 1.17 bits per heavy atom. The van der Waals surface area contributed by atoms with Gasteiger partial charge in [-0.25, -0.2) is 4.39 Å². The van der Waals surface area contributed by atoms with Gasteiger partial charge in [-0.3, -0.25) is 4.98 Å². The molecular weight excluding hydrogens is 305 g/mol. The first-order valence-electron chi connectivity index (χ1n) is 7.95. The molecule has 5 heteroatoms. The molecule has 4 rings (SSSR count). The van der Waals surface area contributed by atoms with Gasteiger partial charge in [0.25, 0.3) is 0 Å². The highest BCUT2D eigenvalue weighted by atomic mass is 19.1. The SMILES string of the molecule is CN(C)c1cc(F)cc(C#Cc2cncc(OC3C4CN[C@@H]43)c2)c1. The highest BCUT2D eigenvalue weighted by Crippen LogP contribution is 2.41. The number of ether oxygens (including phenoxy) is 1. The third-order valence-corrected chi connectivity index (χ3v) is 4.42. The summed E-state index contributed by atoms with van der Waals surface area (Å²) in [6, 6.07) is 7.17. The van der Waals surface area contributed by atoms with E-state index in [1.165, 1.54) is 12.1 Å². The molecule has 1 aliphatic heterocycles. The van der Waals surface area contributed by atoms with E-state index in [1.807, 2.05) is 31.1 Å². The molecule has 2 heterocycles. The second kappa shape index (κ2) is 5.81. The van der Waals surface area contributed by atoms with Gasteiger partial charge in [0.1, 0.15) is 17.7 Å². The van der Waals surface area contributed by atoms with Crippen molar-refractivity contribution in [2.75, 3.05) is 25.5 Å². The van der Waals surface area contributed by atoms with Crippen LogP contribution in [0.4, 0.5) is 10.1 Å². The highest BCUT2D eigenvalue weighted by Gasteiger charge is 2.59. The van der Waals surface area contributed by atoms with Crippen molar-refractivity contribution < 1.29 is 9.13 Å². The van der Waals surface area contributed by atoms with Crippen LogP contribution in [0.2, 0.25) is 0 Å². The fraction of sp³-hybridized carbons (Fsp3) is 0.316. The lowest BCUT2D eigenvalue weighted by atomic mass is 10.1. The summed E-state index contributed by atoms with van der Waals surface area (Å²) in [5.74, 6) is 7.12. The van der Waals surface area contributed by atoms with Crippen molar-refractivity contribution in [3.05, 3.63) is 53.6 Å². The lowest BCUT2D eigenvalue weighted by Crippen LogP contribution is -2.32. The smallest absolute Gasteiger partial charge is 0.139 e. The molecule has 0 radical (unpaired) electrons. The zero-order valence-corrected chi connectivity index (χ0v) is 13.6. The number of aromatic nitrogens is 1. The minimum Gasteiger partial charge on any atom is -0.487 e. The third-order valence-electron chi connectivity index (χ3n) is 4.42. The third kappa shape index (κ3) is 2.93. The van der Waals surface area contributed by atoms with E-state index in [4.69, 9.17) is 4.74 Å². The summed E-state index contributed by atoms with van der Waals surface area (Å²) in [4.78, 5) is 6.03. The van der Waals surface area contributed by atoms with Gasteiger partial charge in [-0.1, -0.05) is 11.8 Å². The van der Waals surface area contributed by atoms with E-state index in [0.717, 1.165) is 23.5 Å². The number of hydrogen-bond donors (Lipinski definition) is 1. The second-order valence-corrected chi connectivity index (χ2v) is 6.43. The van der Waals surface area contributed by atoms with Crippen LogP contribution in [0, 0.1) is 23.6 Å². The topological polar surface area (TPSA) is 37.4 Å². The summed E-state index contributed by atoms with van der Waals surface area (Å²) in [5, 5.41) is 3.32. The average Bonchev–Trinajstić information content (AvgIpc) is 3.02. The van der Waals surface area contributed by atoms with E-state index < -0.39 is 0 Å². The minimum absolute atomic E-state index is 0.265. The Balaban J connectivity index is 1.52. The Kier molecular flexibility index (Phi) is 3.62. The van der Waals surface area contributed by atoms with Crippen LogP contribution < -0.4 is 15.0 Å². The molecule has 1 aromatic carbocycles. The molecule has 0 bridgehead atoms. The zero-order chi connectivity index (χ0) is 16.7. The van der Waals surface area contributed by atoms with E-state index in [1.54, 1.807) is 12.4 Å². The maximum absolute atomic E-state index is 13.7. The predicted molar refractivity (Wildman–Crippen MR) is 90.6 cm³/mol. The fourth-order valence-corrected chi connectivity index (χ4v) is 2.88. The quantitative estimate of drug-likeness (QED) is 0.877. The van der Waals surface area contributed by atoms with Crippen molar-refractivity contribution >= 4 is 5.69 Å². The van der Waals surface area contributed by atoms with Crippen molar-refractivity contribution in [1.82, 2.24) is 10.3 Å². The molecule has 1 saturated heterocycles. The van der Waals surface area contributed by atoms with E-state index in [0.29, 0.717) is 17.5 Å². The second-order valence-electron chi connectivity index (χ2n) is 6.43. The molecule has 4 nitrogen and oxygen atoms in total. The first-order chi connectivity index (χ1) is 11.6. The fourth-order valence-electron chi connectivity index (χ4n) is 2.88. The molecule has 24 heavy (non-hydrogen) atoms. The van der Waals surface area contributed by atoms with Crippen molar-refractivity contribution in [3.63, 3.8) is 0 Å². The van der Waals surface area contributed by atoms with Gasteiger partial charge in [0.2, 0.25) is 0 Å². The van der Waals surface area contributed by atoms with Crippen molar-refractivity contribution in [2.45, 2.75) is 12.1 Å². The molecule has 122 valence electrons. The number of fused-ring (bicyclic) bond motifs is 1. The zero-order valence-electron chi connectivity index (χ0n) is 13.6. The van der Waals surface area contributed by atoms with Crippen LogP contribution in [0.25, 0.3) is 0 Å². The first kappa shape index (κ1) is 15.0. The van der Waals surface area contributed by atoms with Crippen molar-refractivity contribution in [3.8, 4) is 17.6 Å². The van der Waals surface area contributed by atoms with Crippen molar-refractivity contribution in [2.24, 2.45) is 5.92 Å². The maximum Gasteiger partial charge on any atom is 0.139 e. The van der Waals surface area contributed by atoms with E-state index in [-0.39, 0.29) is 11.9 Å². The van der Waals surface area contributed by atoms with Crippen LogP contribution in [0.3, 0.4) is 0 Å². The lowest BCUT2D eigenvalue weighted by molar-refractivity contribution is 0.290. The Morgan fingerprint density at radius 3 is 2.67 bits per heavy atom. The van der Waals surface area contributed by atoms with Crippen LogP contribution >= 0.6 is 0 Å². The van der Waals surface area contributed by atoms with Gasteiger partial charge in [0.15, 0.2) is 0 Å². The van der Waals surface area contributed by atoms with Crippen molar-refractivity contribution in [1.29, 1.82) is 0 Å². The molecule has 1 aliphatic carbocycles. The van der Waals surface area contributed by atoms with Gasteiger partial charge in [-0.05, 0) is 24.3 Å². The first-order valence-corrected chi connectivity index (χ1v) is 7.95. The molecule has 3 atom stereocenters. The van der Waals surface area contributed by atoms with Gasteiger partial charge < -0.3 is 15.0 Å². The van der Waals surface area contributed by atoms with Gasteiger partial charge in [0.05, 0.1) is 12.2 Å². The molecule has 0 spiro atoms. The van der Waals surface area contributed by atoms with E-state index in [9.17, 15) is 4.39 Å². The number of rotatable bonds is 3. The summed E-state index contributed by atoms with van der Waals surface area (Å²) in [7, 11) is 3.74. The summed E-state index contributed by atoms with van der Waals surface area (Å²) in [6.45, 7) is 1.04. The monoisotopic (exact) mass is 323 g/mol. The van der Waals surface area contributed by atoms with Gasteiger partial charge >= 0.3 is 0 Å². The number of hydrogen-bond acceptors (Lipinski definition) is 4. The summed E-state index contributed by atoms with van der Waals surface area (Å²) in [6.07, 6.45) is 3.65. The molecule has 2 aliphatic rings.